The van der Waals surface area contributed by atoms with Gasteiger partial charge in [-0.25, -0.2) is 19.6 Å². The predicted molar refractivity (Wildman–Crippen MR) is 226 cm³/mol. The predicted octanol–water partition coefficient (Wildman–Crippen LogP) is 7.38. The highest BCUT2D eigenvalue weighted by atomic mass is 16.5. The minimum atomic E-state index is -0.955. The quantitative estimate of drug-likeness (QED) is 0.0734. The first-order valence-electron chi connectivity index (χ1n) is 19.2. The van der Waals surface area contributed by atoms with Gasteiger partial charge in [0.2, 0.25) is 5.91 Å². The topological polar surface area (TPSA) is 175 Å². The number of aromatic nitrogens is 4. The van der Waals surface area contributed by atoms with Crippen LogP contribution in [0, 0.1) is 0 Å². The number of carbonyl (C=O) groups excluding carboxylic acids is 4. The lowest BCUT2D eigenvalue weighted by atomic mass is 9.98. The van der Waals surface area contributed by atoms with E-state index in [0.29, 0.717) is 23.8 Å². The molecule has 14 nitrogen and oxygen atoms in total. The number of fused-ring (bicyclic) bond motifs is 1. The van der Waals surface area contributed by atoms with Gasteiger partial charge in [-0.2, -0.15) is 0 Å². The zero-order valence-electron chi connectivity index (χ0n) is 33.6. The molecule has 0 saturated heterocycles. The van der Waals surface area contributed by atoms with Gasteiger partial charge in [0, 0.05) is 18.7 Å². The first-order chi connectivity index (χ1) is 28.5. The van der Waals surface area contributed by atoms with E-state index < -0.39 is 18.2 Å². The van der Waals surface area contributed by atoms with Crippen molar-refractivity contribution in [2.24, 2.45) is 0 Å². The summed E-state index contributed by atoms with van der Waals surface area (Å²) in [6.45, 7) is 8.95. The van der Waals surface area contributed by atoms with Crippen LogP contribution in [0.4, 0.5) is 9.59 Å². The van der Waals surface area contributed by atoms with Crippen molar-refractivity contribution >= 4 is 34.8 Å². The molecular weight excluding hydrogens is 749 g/mol. The summed E-state index contributed by atoms with van der Waals surface area (Å²) in [6, 6.07) is 28.8. The number of methoxy groups -OCH3 is 2. The van der Waals surface area contributed by atoms with Gasteiger partial charge in [-0.15, -0.1) is 0 Å². The number of nitrogens with zero attached hydrogens (tertiary/aromatic N) is 4. The van der Waals surface area contributed by atoms with Crippen LogP contribution in [0.15, 0.2) is 116 Å². The fourth-order valence-corrected chi connectivity index (χ4v) is 6.70. The first kappa shape index (κ1) is 41.4. The van der Waals surface area contributed by atoms with Crippen LogP contribution >= 0.6 is 0 Å². The number of imidazole rings is 2. The van der Waals surface area contributed by atoms with Gasteiger partial charge in [0.15, 0.2) is 0 Å². The number of H-pyrrole nitrogens is 2. The molecule has 304 valence electrons. The van der Waals surface area contributed by atoms with Crippen LogP contribution in [0.25, 0.3) is 44.4 Å². The van der Waals surface area contributed by atoms with Gasteiger partial charge in [0.25, 0.3) is 5.91 Å². The van der Waals surface area contributed by atoms with Crippen molar-refractivity contribution in [2.45, 2.75) is 39.4 Å². The molecule has 0 radical (unpaired) electrons. The molecule has 6 aromatic rings. The maximum Gasteiger partial charge on any atom is 0.407 e. The summed E-state index contributed by atoms with van der Waals surface area (Å²) in [5.41, 5.74) is 7.06. The number of alkyl carbamates (subject to hydrolysis) is 2. The Morgan fingerprint density at radius 2 is 1.29 bits per heavy atom. The highest BCUT2D eigenvalue weighted by Gasteiger charge is 2.29. The third-order valence-corrected chi connectivity index (χ3v) is 9.63. The van der Waals surface area contributed by atoms with E-state index >= 15 is 0 Å². The van der Waals surface area contributed by atoms with Gasteiger partial charge in [-0.3, -0.25) is 9.59 Å². The summed E-state index contributed by atoms with van der Waals surface area (Å²) in [5, 5.41) is 7.26. The average Bonchev–Trinajstić information content (AvgIpc) is 3.94. The zero-order chi connectivity index (χ0) is 41.9. The van der Waals surface area contributed by atoms with Crippen molar-refractivity contribution < 1.29 is 28.7 Å². The number of benzene rings is 4. The van der Waals surface area contributed by atoms with Crippen LogP contribution in [0.1, 0.15) is 43.5 Å². The SMILES string of the molecule is C=C(C)CN(Cc1ncc(-c2ccc(-c3ccc4cc(-c5cnc(CN(CCC)C(=O)CNC(=O)OC)[nH]5)ccc4c3)cc2)[nH]1)C(=O)C(NC(=O)OC)c1ccccc1. The van der Waals surface area contributed by atoms with Crippen LogP contribution in [0.2, 0.25) is 0 Å². The molecule has 4 aromatic carbocycles. The fraction of sp³-hybridized carbons (Fsp3) is 0.244. The molecule has 0 fully saturated rings. The summed E-state index contributed by atoms with van der Waals surface area (Å²) in [4.78, 5) is 69.4. The Bertz CT molecular complexity index is 2420. The number of aromatic amines is 2. The van der Waals surface area contributed by atoms with Crippen molar-refractivity contribution in [3.8, 4) is 33.6 Å². The largest absolute Gasteiger partial charge is 0.453 e. The normalized spacial score (nSPS) is 11.4. The molecule has 0 aliphatic carbocycles. The molecular formula is C45H48N8O6. The maximum atomic E-state index is 13.9. The van der Waals surface area contributed by atoms with Gasteiger partial charge >= 0.3 is 12.2 Å². The Morgan fingerprint density at radius 3 is 1.90 bits per heavy atom. The van der Waals surface area contributed by atoms with Gasteiger partial charge in [0.05, 0.1) is 51.1 Å². The highest BCUT2D eigenvalue weighted by molar-refractivity contribution is 5.91. The second-order valence-corrected chi connectivity index (χ2v) is 14.1. The number of ether oxygens (including phenoxy) is 2. The minimum Gasteiger partial charge on any atom is -0.453 e. The molecule has 2 heterocycles. The van der Waals surface area contributed by atoms with Crippen molar-refractivity contribution in [2.75, 3.05) is 33.9 Å². The number of hydrogen-bond acceptors (Lipinski definition) is 8. The molecule has 4 amide bonds. The second-order valence-electron chi connectivity index (χ2n) is 14.1. The maximum absolute atomic E-state index is 13.9. The summed E-state index contributed by atoms with van der Waals surface area (Å²) in [7, 11) is 2.51. The molecule has 0 aliphatic heterocycles. The standard InChI is InChI=1S/C45H48N8O6/c1-6-20-52(41(54)25-48-44(56)58-4)27-39-47-24-38(50-39)36-19-18-34-21-33(16-17-35(34)22-36)30-12-14-31(15-13-30)37-23-46-40(49-37)28-53(26-29(2)3)43(55)42(51-45(57)59-5)32-10-8-7-9-11-32/h7-19,21-24,42H,2,6,20,25-28H2,1,3-5H3,(H,46,49)(H,47,50)(H,48,56)(H,51,57). The molecule has 59 heavy (non-hydrogen) atoms. The Hall–Kier alpha value is -7.22. The fourth-order valence-electron chi connectivity index (χ4n) is 6.70. The van der Waals surface area contributed by atoms with Crippen LogP contribution in [-0.2, 0) is 32.2 Å². The average molecular weight is 797 g/mol. The number of amides is 4. The number of hydrogen-bond donors (Lipinski definition) is 4. The van der Waals surface area contributed by atoms with Crippen molar-refractivity contribution in [3.63, 3.8) is 0 Å². The third kappa shape index (κ3) is 10.6. The van der Waals surface area contributed by atoms with E-state index in [1.165, 1.54) is 14.2 Å². The Balaban J connectivity index is 1.12. The summed E-state index contributed by atoms with van der Waals surface area (Å²) < 4.78 is 9.38. The molecule has 0 aliphatic rings. The van der Waals surface area contributed by atoms with E-state index in [1.54, 1.807) is 34.3 Å². The summed E-state index contributed by atoms with van der Waals surface area (Å²) in [5.74, 6) is 0.690. The van der Waals surface area contributed by atoms with Gasteiger partial charge < -0.3 is 39.9 Å². The number of rotatable bonds is 16. The van der Waals surface area contributed by atoms with E-state index in [9.17, 15) is 19.2 Å². The Labute approximate surface area is 342 Å². The molecule has 14 heteroatoms. The Morgan fingerprint density at radius 1 is 0.729 bits per heavy atom. The molecule has 4 N–H and O–H groups in total. The lowest BCUT2D eigenvalue weighted by Gasteiger charge is -2.27. The van der Waals surface area contributed by atoms with E-state index in [0.717, 1.165) is 56.4 Å². The number of nitrogens with one attached hydrogen (secondary N) is 4. The molecule has 0 bridgehead atoms. The van der Waals surface area contributed by atoms with E-state index in [4.69, 9.17) is 4.74 Å². The molecule has 1 atom stereocenters. The lowest BCUT2D eigenvalue weighted by Crippen LogP contribution is -2.43. The molecule has 0 saturated carbocycles. The Kier molecular flexibility index (Phi) is 13.5. The number of carbonyl (C=O) groups is 4. The molecule has 2 aromatic heterocycles. The second kappa shape index (κ2) is 19.3. The van der Waals surface area contributed by atoms with Gasteiger partial charge in [0.1, 0.15) is 24.2 Å². The third-order valence-electron chi connectivity index (χ3n) is 9.63. The van der Waals surface area contributed by atoms with Crippen LogP contribution in [-0.4, -0.2) is 87.6 Å². The first-order valence-corrected chi connectivity index (χ1v) is 19.2. The molecule has 0 spiro atoms. The summed E-state index contributed by atoms with van der Waals surface area (Å²) >= 11 is 0. The monoisotopic (exact) mass is 796 g/mol. The van der Waals surface area contributed by atoms with E-state index in [-0.39, 0.29) is 38.0 Å². The molecule has 1 unspecified atom stereocenters. The minimum absolute atomic E-state index is 0.154. The van der Waals surface area contributed by atoms with Crippen molar-refractivity contribution in [3.05, 3.63) is 133 Å². The van der Waals surface area contributed by atoms with Crippen LogP contribution < -0.4 is 10.6 Å². The molecule has 6 rings (SSSR count). The van der Waals surface area contributed by atoms with Gasteiger partial charge in [-0.05, 0) is 58.5 Å². The van der Waals surface area contributed by atoms with Crippen molar-refractivity contribution in [1.29, 1.82) is 0 Å². The lowest BCUT2D eigenvalue weighted by molar-refractivity contribution is -0.134. The van der Waals surface area contributed by atoms with E-state index in [2.05, 4.69) is 84.3 Å². The smallest absolute Gasteiger partial charge is 0.407 e. The van der Waals surface area contributed by atoms with Gasteiger partial charge in [-0.1, -0.05) is 97.9 Å². The zero-order valence-corrected chi connectivity index (χ0v) is 33.6. The van der Waals surface area contributed by atoms with Crippen LogP contribution in [0.3, 0.4) is 0 Å². The summed E-state index contributed by atoms with van der Waals surface area (Å²) in [6.07, 6.45) is 2.91. The van der Waals surface area contributed by atoms with Crippen molar-refractivity contribution in [1.82, 2.24) is 40.4 Å². The van der Waals surface area contributed by atoms with E-state index in [1.807, 2.05) is 50.2 Å². The van der Waals surface area contributed by atoms with Crippen LogP contribution in [0.5, 0.6) is 0 Å². The highest BCUT2D eigenvalue weighted by Crippen LogP contribution is 2.30.